The molecule has 0 fully saturated rings. The van der Waals surface area contributed by atoms with Gasteiger partial charge in [-0.05, 0) is 11.5 Å². The fourth-order valence-electron chi connectivity index (χ4n) is 2.46. The Kier molecular flexibility index (Phi) is 5.74. The maximum Gasteiger partial charge on any atom is 0.336 e. The molecule has 0 bridgehead atoms. The molecule has 0 aliphatic rings. The number of ether oxygens (including phenoxy) is 2. The summed E-state index contributed by atoms with van der Waals surface area (Å²) in [6.45, 7) is -0.397. The molecule has 0 saturated carbocycles. The van der Waals surface area contributed by atoms with Gasteiger partial charge in [-0.1, -0.05) is 66.7 Å². The molecule has 0 N–H and O–H groups in total. The van der Waals surface area contributed by atoms with Crippen LogP contribution in [0.25, 0.3) is 10.8 Å². The van der Waals surface area contributed by atoms with Gasteiger partial charge in [0.2, 0.25) is 0 Å². The number of ketones is 1. The number of benzene rings is 3. The molecule has 3 aromatic rings. The topological polar surface area (TPSA) is 69.7 Å². The number of esters is 2. The maximum absolute atomic E-state index is 11.9. The van der Waals surface area contributed by atoms with Crippen molar-refractivity contribution in [1.82, 2.24) is 0 Å². The predicted octanol–water partition coefficient (Wildman–Crippen LogP) is 3.73. The van der Waals surface area contributed by atoms with E-state index in [0.29, 0.717) is 11.3 Å². The van der Waals surface area contributed by atoms with Crippen molar-refractivity contribution in [1.29, 1.82) is 0 Å². The largest absolute Gasteiger partial charge is 0.454 e. The van der Waals surface area contributed by atoms with E-state index in [2.05, 4.69) is 0 Å². The number of Topliss-reactive ketones (excluding diaryl/α,β-unsaturated/α-hetero) is 1. The molecule has 0 aromatic heterocycles. The summed E-state index contributed by atoms with van der Waals surface area (Å²) in [7, 11) is 0. The first-order valence-electron chi connectivity index (χ1n) is 8.26. The number of fused-ring (bicyclic) bond motifs is 1. The first-order chi connectivity index (χ1) is 13.1. The van der Waals surface area contributed by atoms with E-state index in [-0.39, 0.29) is 5.78 Å². The van der Waals surface area contributed by atoms with Gasteiger partial charge in [-0.2, -0.15) is 0 Å². The van der Waals surface area contributed by atoms with Gasteiger partial charge in [0.15, 0.2) is 12.4 Å². The first-order valence-corrected chi connectivity index (χ1v) is 8.26. The summed E-state index contributed by atoms with van der Waals surface area (Å²) >= 11 is 0. The van der Waals surface area contributed by atoms with Crippen molar-refractivity contribution in [2.24, 2.45) is 0 Å². The average Bonchev–Trinajstić information content (AvgIpc) is 2.71. The van der Waals surface area contributed by atoms with Crippen molar-refractivity contribution in [3.63, 3.8) is 0 Å². The van der Waals surface area contributed by atoms with Gasteiger partial charge < -0.3 is 9.47 Å². The van der Waals surface area contributed by atoms with Crippen molar-refractivity contribution in [3.05, 3.63) is 90.5 Å². The minimum atomic E-state index is -0.797. The third-order valence-corrected chi connectivity index (χ3v) is 3.76. The van der Waals surface area contributed by atoms with E-state index in [1.165, 1.54) is 0 Å². The quantitative estimate of drug-likeness (QED) is 0.290. The SMILES string of the molecule is O=C(/C=C/C(=O)Oc1cccc2ccccc12)OCC(=O)c1ccccc1. The van der Waals surface area contributed by atoms with Crippen LogP contribution in [0.3, 0.4) is 0 Å². The number of carbonyl (C=O) groups excluding carboxylic acids is 3. The molecule has 0 unspecified atom stereocenters. The Bertz CT molecular complexity index is 1000. The van der Waals surface area contributed by atoms with Crippen molar-refractivity contribution in [2.45, 2.75) is 0 Å². The van der Waals surface area contributed by atoms with Gasteiger partial charge in [-0.3, -0.25) is 4.79 Å². The van der Waals surface area contributed by atoms with Crippen LogP contribution in [0.2, 0.25) is 0 Å². The normalized spacial score (nSPS) is 10.7. The van der Waals surface area contributed by atoms with Gasteiger partial charge in [0.1, 0.15) is 5.75 Å². The Balaban J connectivity index is 1.55. The Hall–Kier alpha value is -3.73. The zero-order valence-corrected chi connectivity index (χ0v) is 14.3. The van der Waals surface area contributed by atoms with Crippen LogP contribution in [-0.2, 0) is 14.3 Å². The number of carbonyl (C=O) groups is 3. The summed E-state index contributed by atoms with van der Waals surface area (Å²) in [6, 6.07) is 21.3. The molecule has 27 heavy (non-hydrogen) atoms. The molecular formula is C22H16O5. The Labute approximate surface area is 155 Å². The van der Waals surface area contributed by atoms with Gasteiger partial charge in [-0.15, -0.1) is 0 Å². The van der Waals surface area contributed by atoms with Crippen LogP contribution < -0.4 is 4.74 Å². The summed E-state index contributed by atoms with van der Waals surface area (Å²) in [6.07, 6.45) is 1.91. The number of hydrogen-bond acceptors (Lipinski definition) is 5. The van der Waals surface area contributed by atoms with Crippen LogP contribution in [0, 0.1) is 0 Å². The number of hydrogen-bond donors (Lipinski definition) is 0. The predicted molar refractivity (Wildman–Crippen MR) is 100 cm³/mol. The average molecular weight is 360 g/mol. The molecule has 0 aliphatic carbocycles. The highest BCUT2D eigenvalue weighted by Crippen LogP contribution is 2.25. The van der Waals surface area contributed by atoms with Gasteiger partial charge in [-0.25, -0.2) is 9.59 Å². The fourth-order valence-corrected chi connectivity index (χ4v) is 2.46. The molecule has 0 aliphatic heterocycles. The van der Waals surface area contributed by atoms with Gasteiger partial charge in [0, 0.05) is 23.1 Å². The molecule has 0 radical (unpaired) electrons. The maximum atomic E-state index is 11.9. The second kappa shape index (κ2) is 8.58. The molecular weight excluding hydrogens is 344 g/mol. The van der Waals surface area contributed by atoms with E-state index in [1.807, 2.05) is 30.3 Å². The van der Waals surface area contributed by atoms with Crippen molar-refractivity contribution >= 4 is 28.5 Å². The fraction of sp³-hybridized carbons (Fsp3) is 0.0455. The van der Waals surface area contributed by atoms with E-state index in [0.717, 1.165) is 22.9 Å². The standard InChI is InChI=1S/C22H16O5/c23-19(17-8-2-1-3-9-17)15-26-21(24)13-14-22(25)27-20-12-6-10-16-7-4-5-11-18(16)20/h1-14H,15H2/b14-13+. The summed E-state index contributed by atoms with van der Waals surface area (Å²) in [5.41, 5.74) is 0.449. The molecule has 0 spiro atoms. The van der Waals surface area contributed by atoms with Crippen molar-refractivity contribution < 1.29 is 23.9 Å². The molecule has 5 heteroatoms. The second-order valence-corrected chi connectivity index (χ2v) is 5.63. The molecule has 5 nitrogen and oxygen atoms in total. The lowest BCUT2D eigenvalue weighted by Crippen LogP contribution is -2.13. The van der Waals surface area contributed by atoms with Gasteiger partial charge >= 0.3 is 11.9 Å². The van der Waals surface area contributed by atoms with Gasteiger partial charge in [0.25, 0.3) is 0 Å². The highest BCUT2D eigenvalue weighted by Gasteiger charge is 2.09. The van der Waals surface area contributed by atoms with E-state index < -0.39 is 18.5 Å². The summed E-state index contributed by atoms with van der Waals surface area (Å²) in [4.78, 5) is 35.5. The van der Waals surface area contributed by atoms with Gasteiger partial charge in [0.05, 0.1) is 0 Å². The third kappa shape index (κ3) is 4.89. The Morgan fingerprint density at radius 2 is 1.41 bits per heavy atom. The lowest BCUT2D eigenvalue weighted by Gasteiger charge is -2.05. The van der Waals surface area contributed by atoms with Crippen LogP contribution in [0.15, 0.2) is 84.9 Å². The molecule has 0 heterocycles. The number of rotatable bonds is 6. The van der Waals surface area contributed by atoms with Crippen LogP contribution in [-0.4, -0.2) is 24.3 Å². The molecule has 0 saturated heterocycles. The van der Waals surface area contributed by atoms with Crippen LogP contribution >= 0.6 is 0 Å². The second-order valence-electron chi connectivity index (χ2n) is 5.63. The molecule has 3 aromatic carbocycles. The summed E-state index contributed by atoms with van der Waals surface area (Å²) in [5.74, 6) is -1.43. The minimum absolute atomic E-state index is 0.323. The highest BCUT2D eigenvalue weighted by molar-refractivity contribution is 5.99. The van der Waals surface area contributed by atoms with Crippen LogP contribution in [0.4, 0.5) is 0 Å². The molecule has 134 valence electrons. The minimum Gasteiger partial charge on any atom is -0.454 e. The lowest BCUT2D eigenvalue weighted by atomic mass is 10.1. The van der Waals surface area contributed by atoms with Crippen LogP contribution in [0.5, 0.6) is 5.75 Å². The molecule has 0 amide bonds. The summed E-state index contributed by atoms with van der Waals surface area (Å²) in [5, 5.41) is 1.73. The molecule has 0 atom stereocenters. The van der Waals surface area contributed by atoms with E-state index in [4.69, 9.17) is 9.47 Å². The van der Waals surface area contributed by atoms with E-state index in [1.54, 1.807) is 42.5 Å². The lowest BCUT2D eigenvalue weighted by molar-refractivity contribution is -0.137. The monoisotopic (exact) mass is 360 g/mol. The Morgan fingerprint density at radius 1 is 0.741 bits per heavy atom. The van der Waals surface area contributed by atoms with Crippen molar-refractivity contribution in [3.8, 4) is 5.75 Å². The highest BCUT2D eigenvalue weighted by atomic mass is 16.5. The van der Waals surface area contributed by atoms with E-state index in [9.17, 15) is 14.4 Å². The summed E-state index contributed by atoms with van der Waals surface area (Å²) < 4.78 is 10.1. The first kappa shape index (κ1) is 18.1. The van der Waals surface area contributed by atoms with Crippen molar-refractivity contribution in [2.75, 3.05) is 6.61 Å². The van der Waals surface area contributed by atoms with Crippen LogP contribution in [0.1, 0.15) is 10.4 Å². The Morgan fingerprint density at radius 3 is 2.22 bits per heavy atom. The molecule has 3 rings (SSSR count). The third-order valence-electron chi connectivity index (χ3n) is 3.76. The van der Waals surface area contributed by atoms with E-state index >= 15 is 0 Å². The smallest absolute Gasteiger partial charge is 0.336 e. The zero-order valence-electron chi connectivity index (χ0n) is 14.3. The zero-order chi connectivity index (χ0) is 19.1.